The summed E-state index contributed by atoms with van der Waals surface area (Å²) in [5.41, 5.74) is 2.81. The van der Waals surface area contributed by atoms with Crippen molar-refractivity contribution in [2.24, 2.45) is 0 Å². The van der Waals surface area contributed by atoms with Crippen LogP contribution in [0.4, 0.5) is 10.8 Å². The Kier molecular flexibility index (Phi) is 11.7. The first-order valence-corrected chi connectivity index (χ1v) is 17.2. The molecule has 47 heavy (non-hydrogen) atoms. The molecule has 7 nitrogen and oxygen atoms in total. The van der Waals surface area contributed by atoms with Crippen LogP contribution >= 0.6 is 57.9 Å². The van der Waals surface area contributed by atoms with Crippen molar-refractivity contribution in [1.82, 2.24) is 10.3 Å². The molecule has 238 valence electrons. The molecule has 5 aromatic rings. The summed E-state index contributed by atoms with van der Waals surface area (Å²) in [7, 11) is 0. The van der Waals surface area contributed by atoms with Gasteiger partial charge < -0.3 is 16.0 Å². The number of aromatic nitrogens is 1. The van der Waals surface area contributed by atoms with Crippen molar-refractivity contribution in [3.8, 4) is 11.3 Å². The lowest BCUT2D eigenvalue weighted by Crippen LogP contribution is -2.30. The molecule has 0 radical (unpaired) electrons. The fraction of sp³-hybridized carbons (Fsp3) is 0.0857. The molecule has 3 N–H and O–H groups in total. The number of rotatable bonds is 11. The Morgan fingerprint density at radius 3 is 2.38 bits per heavy atom. The number of thiazole rings is 1. The molecule has 0 saturated carbocycles. The van der Waals surface area contributed by atoms with Crippen molar-refractivity contribution < 1.29 is 14.4 Å². The Morgan fingerprint density at radius 2 is 1.64 bits per heavy atom. The van der Waals surface area contributed by atoms with E-state index in [1.165, 1.54) is 29.2 Å². The predicted octanol–water partition coefficient (Wildman–Crippen LogP) is 9.69. The van der Waals surface area contributed by atoms with Crippen LogP contribution in [0.3, 0.4) is 0 Å². The molecule has 5 rings (SSSR count). The number of thioether (sulfide) groups is 1. The Balaban J connectivity index is 1.29. The van der Waals surface area contributed by atoms with Crippen LogP contribution in [-0.2, 0) is 9.59 Å². The van der Waals surface area contributed by atoms with Crippen LogP contribution in [0.25, 0.3) is 17.3 Å². The van der Waals surface area contributed by atoms with E-state index >= 15 is 0 Å². The molecule has 4 aromatic carbocycles. The minimum atomic E-state index is -0.565. The Morgan fingerprint density at radius 1 is 0.872 bits per heavy atom. The van der Waals surface area contributed by atoms with Gasteiger partial charge in [-0.05, 0) is 66.6 Å². The van der Waals surface area contributed by atoms with E-state index in [0.29, 0.717) is 49.1 Å². The van der Waals surface area contributed by atoms with E-state index in [0.717, 1.165) is 10.5 Å². The van der Waals surface area contributed by atoms with Gasteiger partial charge in [-0.2, -0.15) is 0 Å². The smallest absolute Gasteiger partial charge is 0.272 e. The van der Waals surface area contributed by atoms with Crippen molar-refractivity contribution >= 4 is 92.5 Å². The minimum absolute atomic E-state index is 0.0217. The zero-order valence-corrected chi connectivity index (χ0v) is 28.7. The molecule has 0 saturated heterocycles. The molecule has 0 spiro atoms. The lowest BCUT2D eigenvalue weighted by molar-refractivity contribution is -0.116. The molecule has 1 atom stereocenters. The van der Waals surface area contributed by atoms with Crippen LogP contribution in [0.15, 0.2) is 113 Å². The second-order valence-electron chi connectivity index (χ2n) is 10.0. The SMILES string of the molecule is CCC(Sc1cccc(NC(=O)/C(=C\c2ccc(Cl)cc2Cl)NC(=O)c2ccccc2)c1)C(=O)Nc1nc(-c2ccccc2Cl)cs1. The zero-order valence-electron chi connectivity index (χ0n) is 24.8. The van der Waals surface area contributed by atoms with Crippen LogP contribution in [0.2, 0.25) is 15.1 Å². The quantitative estimate of drug-likeness (QED) is 0.0932. The minimum Gasteiger partial charge on any atom is -0.321 e. The van der Waals surface area contributed by atoms with Gasteiger partial charge in [0.1, 0.15) is 5.70 Å². The fourth-order valence-corrected chi connectivity index (χ4v) is 6.78. The molecule has 1 aromatic heterocycles. The maximum atomic E-state index is 13.5. The summed E-state index contributed by atoms with van der Waals surface area (Å²) in [6, 6.07) is 27.9. The average molecular weight is 722 g/mol. The summed E-state index contributed by atoms with van der Waals surface area (Å²) in [4.78, 5) is 45.1. The van der Waals surface area contributed by atoms with Crippen molar-refractivity contribution in [3.05, 3.63) is 134 Å². The van der Waals surface area contributed by atoms with Gasteiger partial charge in [0, 0.05) is 42.2 Å². The Bertz CT molecular complexity index is 1950. The van der Waals surface area contributed by atoms with E-state index in [1.807, 2.05) is 36.6 Å². The van der Waals surface area contributed by atoms with Crippen LogP contribution in [0.5, 0.6) is 0 Å². The highest BCUT2D eigenvalue weighted by atomic mass is 35.5. The van der Waals surface area contributed by atoms with Crippen LogP contribution in [-0.4, -0.2) is 28.0 Å². The average Bonchev–Trinajstić information content (AvgIpc) is 3.53. The molecule has 0 aliphatic carbocycles. The summed E-state index contributed by atoms with van der Waals surface area (Å²) in [5, 5.41) is 11.7. The van der Waals surface area contributed by atoms with Crippen molar-refractivity contribution in [2.75, 3.05) is 10.6 Å². The third-order valence-electron chi connectivity index (χ3n) is 6.71. The molecular formula is C35H27Cl3N4O3S2. The highest BCUT2D eigenvalue weighted by molar-refractivity contribution is 8.00. The van der Waals surface area contributed by atoms with Gasteiger partial charge in [0.15, 0.2) is 5.13 Å². The Labute approximate surface area is 295 Å². The van der Waals surface area contributed by atoms with Gasteiger partial charge in [0.05, 0.1) is 10.9 Å². The van der Waals surface area contributed by atoms with Crippen LogP contribution in [0, 0.1) is 0 Å². The number of nitrogens with one attached hydrogen (secondary N) is 3. The van der Waals surface area contributed by atoms with Gasteiger partial charge in [0.25, 0.3) is 11.8 Å². The number of hydrogen-bond donors (Lipinski definition) is 3. The summed E-state index contributed by atoms with van der Waals surface area (Å²) < 4.78 is 0. The molecule has 0 fully saturated rings. The standard InChI is InChI=1S/C35H27Cl3N4O3S2/c1-2-31(34(45)42-35-41-30(20-46-35)26-13-6-7-14-27(26)37)47-25-12-8-11-24(19-25)39-33(44)29(17-22-15-16-23(36)18-28(22)38)40-32(43)21-9-4-3-5-10-21/h3-20,31H,2H2,1H3,(H,39,44)(H,40,43)(H,41,42,45)/b29-17+. The van der Waals surface area contributed by atoms with E-state index in [1.54, 1.807) is 72.8 Å². The van der Waals surface area contributed by atoms with Crippen molar-refractivity contribution in [1.29, 1.82) is 0 Å². The molecule has 12 heteroatoms. The Hall–Kier alpha value is -4.12. The summed E-state index contributed by atoms with van der Waals surface area (Å²) in [6.45, 7) is 1.92. The first-order valence-electron chi connectivity index (χ1n) is 14.3. The maximum absolute atomic E-state index is 13.5. The summed E-state index contributed by atoms with van der Waals surface area (Å²) in [6.07, 6.45) is 2.04. The monoisotopic (exact) mass is 720 g/mol. The fourth-order valence-electron chi connectivity index (χ4n) is 4.36. The van der Waals surface area contributed by atoms with Gasteiger partial charge in [-0.15, -0.1) is 23.1 Å². The van der Waals surface area contributed by atoms with E-state index in [9.17, 15) is 14.4 Å². The van der Waals surface area contributed by atoms with Crippen LogP contribution in [0.1, 0.15) is 29.3 Å². The lowest BCUT2D eigenvalue weighted by Gasteiger charge is -2.15. The molecule has 0 bridgehead atoms. The van der Waals surface area contributed by atoms with Gasteiger partial charge >= 0.3 is 0 Å². The van der Waals surface area contributed by atoms with Crippen molar-refractivity contribution in [3.63, 3.8) is 0 Å². The number of halogens is 3. The molecular weight excluding hydrogens is 695 g/mol. The van der Waals surface area contributed by atoms with E-state index in [2.05, 4.69) is 20.9 Å². The molecule has 1 heterocycles. The first-order chi connectivity index (χ1) is 22.7. The van der Waals surface area contributed by atoms with Gasteiger partial charge in [0.2, 0.25) is 5.91 Å². The first kappa shape index (κ1) is 34.2. The predicted molar refractivity (Wildman–Crippen MR) is 195 cm³/mol. The molecule has 3 amide bonds. The lowest BCUT2D eigenvalue weighted by atomic mass is 10.1. The number of benzene rings is 4. The number of nitrogens with zero attached hydrogens (tertiary/aromatic N) is 1. The zero-order chi connectivity index (χ0) is 33.3. The topological polar surface area (TPSA) is 100 Å². The highest BCUT2D eigenvalue weighted by Gasteiger charge is 2.21. The highest BCUT2D eigenvalue weighted by Crippen LogP contribution is 2.32. The van der Waals surface area contributed by atoms with Gasteiger partial charge in [-0.25, -0.2) is 4.98 Å². The van der Waals surface area contributed by atoms with Crippen LogP contribution < -0.4 is 16.0 Å². The summed E-state index contributed by atoms with van der Waals surface area (Å²) >= 11 is 21.4. The number of amides is 3. The van der Waals surface area contributed by atoms with Gasteiger partial charge in [-0.3, -0.25) is 14.4 Å². The number of anilines is 2. The maximum Gasteiger partial charge on any atom is 0.272 e. The second kappa shape index (κ2) is 16.1. The molecule has 1 unspecified atom stereocenters. The molecule has 0 aliphatic rings. The van der Waals surface area contributed by atoms with Crippen molar-refractivity contribution in [2.45, 2.75) is 23.5 Å². The normalized spacial score (nSPS) is 11.9. The van der Waals surface area contributed by atoms with Gasteiger partial charge in [-0.1, -0.05) is 90.3 Å². The van der Waals surface area contributed by atoms with E-state index in [-0.39, 0.29) is 11.6 Å². The van der Waals surface area contributed by atoms with E-state index < -0.39 is 17.1 Å². The third kappa shape index (κ3) is 9.24. The number of hydrogen-bond acceptors (Lipinski definition) is 6. The largest absolute Gasteiger partial charge is 0.321 e. The number of carbonyl (C=O) groups is 3. The van der Waals surface area contributed by atoms with E-state index in [4.69, 9.17) is 34.8 Å². The second-order valence-corrected chi connectivity index (χ2v) is 13.4. The molecule has 0 aliphatic heterocycles. The number of carbonyl (C=O) groups excluding carboxylic acids is 3. The summed E-state index contributed by atoms with van der Waals surface area (Å²) in [5.74, 6) is -1.22. The third-order valence-corrected chi connectivity index (χ3v) is 9.72.